The molecule has 1 atom stereocenters. The number of anilines is 1. The van der Waals surface area contributed by atoms with Gasteiger partial charge >= 0.3 is 11.9 Å². The standard InChI is InChI=1S/C14H19NO4S/c1-3-20-9-8-15(10(2)13(16)17)12-6-4-11(5-7-12)14(18)19/h4-7,10H,3,8-9H2,1-2H3,(H,16,17)(H,18,19). The summed E-state index contributed by atoms with van der Waals surface area (Å²) in [5.74, 6) is -0.0769. The maximum Gasteiger partial charge on any atom is 0.335 e. The molecule has 110 valence electrons. The number of carboxylic acid groups (broad SMARTS) is 2. The van der Waals surface area contributed by atoms with Gasteiger partial charge in [-0.3, -0.25) is 0 Å². The van der Waals surface area contributed by atoms with Crippen molar-refractivity contribution in [2.75, 3.05) is 23.0 Å². The molecule has 0 spiro atoms. The highest BCUT2D eigenvalue weighted by Gasteiger charge is 2.20. The molecule has 1 unspecified atom stereocenters. The number of carbonyl (C=O) groups is 2. The Hall–Kier alpha value is -1.69. The van der Waals surface area contributed by atoms with Gasteiger partial charge in [0.25, 0.3) is 0 Å². The van der Waals surface area contributed by atoms with Crippen LogP contribution in [0.1, 0.15) is 24.2 Å². The summed E-state index contributed by atoms with van der Waals surface area (Å²) in [6.45, 7) is 4.29. The smallest absolute Gasteiger partial charge is 0.335 e. The Kier molecular flexibility index (Phi) is 6.38. The maximum atomic E-state index is 11.2. The van der Waals surface area contributed by atoms with Crippen molar-refractivity contribution < 1.29 is 19.8 Å². The molecule has 1 aromatic rings. The second kappa shape index (κ2) is 7.79. The third kappa shape index (κ3) is 4.45. The summed E-state index contributed by atoms with van der Waals surface area (Å²) < 4.78 is 0. The number of carboxylic acids is 2. The van der Waals surface area contributed by atoms with E-state index in [4.69, 9.17) is 5.11 Å². The molecule has 2 N–H and O–H groups in total. The molecule has 0 aliphatic heterocycles. The van der Waals surface area contributed by atoms with E-state index < -0.39 is 18.0 Å². The van der Waals surface area contributed by atoms with Crippen LogP contribution in [0.25, 0.3) is 0 Å². The number of rotatable bonds is 8. The van der Waals surface area contributed by atoms with Gasteiger partial charge in [-0.2, -0.15) is 11.8 Å². The third-order valence-electron chi connectivity index (χ3n) is 2.95. The van der Waals surface area contributed by atoms with Crippen LogP contribution in [0.3, 0.4) is 0 Å². The molecule has 6 heteroatoms. The highest BCUT2D eigenvalue weighted by Crippen LogP contribution is 2.19. The van der Waals surface area contributed by atoms with E-state index in [1.54, 1.807) is 35.7 Å². The van der Waals surface area contributed by atoms with Crippen LogP contribution in [0.4, 0.5) is 5.69 Å². The molecular weight excluding hydrogens is 278 g/mol. The molecule has 0 saturated carbocycles. The zero-order valence-corrected chi connectivity index (χ0v) is 12.4. The minimum absolute atomic E-state index is 0.194. The van der Waals surface area contributed by atoms with Crippen molar-refractivity contribution in [1.82, 2.24) is 0 Å². The lowest BCUT2D eigenvalue weighted by molar-refractivity contribution is -0.138. The van der Waals surface area contributed by atoms with Crippen molar-refractivity contribution in [3.05, 3.63) is 29.8 Å². The Balaban J connectivity index is 2.90. The van der Waals surface area contributed by atoms with Crippen LogP contribution in [0.15, 0.2) is 24.3 Å². The molecule has 5 nitrogen and oxygen atoms in total. The summed E-state index contributed by atoms with van der Waals surface area (Å²) in [5.41, 5.74) is 0.918. The van der Waals surface area contributed by atoms with Gasteiger partial charge in [0, 0.05) is 18.0 Å². The van der Waals surface area contributed by atoms with Gasteiger partial charge in [0.1, 0.15) is 6.04 Å². The van der Waals surface area contributed by atoms with Crippen LogP contribution in [-0.2, 0) is 4.79 Å². The van der Waals surface area contributed by atoms with Crippen molar-refractivity contribution in [3.8, 4) is 0 Å². The molecule has 0 fully saturated rings. The zero-order chi connectivity index (χ0) is 15.1. The van der Waals surface area contributed by atoms with Crippen LogP contribution < -0.4 is 4.90 Å². The Labute approximate surface area is 122 Å². The monoisotopic (exact) mass is 297 g/mol. The predicted molar refractivity (Wildman–Crippen MR) is 80.8 cm³/mol. The summed E-state index contributed by atoms with van der Waals surface area (Å²) in [5, 5.41) is 18.0. The van der Waals surface area contributed by atoms with Crippen LogP contribution in [0.5, 0.6) is 0 Å². The zero-order valence-electron chi connectivity index (χ0n) is 11.6. The lowest BCUT2D eigenvalue weighted by atomic mass is 10.1. The van der Waals surface area contributed by atoms with E-state index in [9.17, 15) is 14.7 Å². The highest BCUT2D eigenvalue weighted by molar-refractivity contribution is 7.99. The van der Waals surface area contributed by atoms with Crippen molar-refractivity contribution in [3.63, 3.8) is 0 Å². The molecule has 0 aromatic heterocycles. The van der Waals surface area contributed by atoms with Crippen molar-refractivity contribution in [2.24, 2.45) is 0 Å². The van der Waals surface area contributed by atoms with Gasteiger partial charge in [0.2, 0.25) is 0 Å². The molecular formula is C14H19NO4S. The fourth-order valence-corrected chi connectivity index (χ4v) is 2.40. The normalized spacial score (nSPS) is 11.9. The van der Waals surface area contributed by atoms with E-state index in [0.717, 1.165) is 17.2 Å². The van der Waals surface area contributed by atoms with Gasteiger partial charge in [0.05, 0.1) is 5.56 Å². The Morgan fingerprint density at radius 1 is 1.25 bits per heavy atom. The van der Waals surface area contributed by atoms with Gasteiger partial charge in [-0.1, -0.05) is 6.92 Å². The molecule has 0 bridgehead atoms. The van der Waals surface area contributed by atoms with Gasteiger partial charge in [-0.25, -0.2) is 9.59 Å². The van der Waals surface area contributed by atoms with Crippen LogP contribution >= 0.6 is 11.8 Å². The summed E-state index contributed by atoms with van der Waals surface area (Å²) in [7, 11) is 0. The molecule has 0 heterocycles. The van der Waals surface area contributed by atoms with E-state index in [0.29, 0.717) is 6.54 Å². The molecule has 20 heavy (non-hydrogen) atoms. The number of thioether (sulfide) groups is 1. The van der Waals surface area contributed by atoms with E-state index in [2.05, 4.69) is 6.92 Å². The van der Waals surface area contributed by atoms with Gasteiger partial charge in [-0.05, 0) is 36.9 Å². The lowest BCUT2D eigenvalue weighted by Crippen LogP contribution is -2.40. The van der Waals surface area contributed by atoms with Gasteiger partial charge in [0.15, 0.2) is 0 Å². The Morgan fingerprint density at radius 2 is 1.85 bits per heavy atom. The third-order valence-corrected chi connectivity index (χ3v) is 3.83. The molecule has 0 aliphatic rings. The summed E-state index contributed by atoms with van der Waals surface area (Å²) in [6, 6.07) is 5.64. The van der Waals surface area contributed by atoms with E-state index in [-0.39, 0.29) is 5.56 Å². The number of hydrogen-bond donors (Lipinski definition) is 2. The SMILES string of the molecule is CCSCCN(c1ccc(C(=O)O)cc1)C(C)C(=O)O. The van der Waals surface area contributed by atoms with Gasteiger partial charge in [-0.15, -0.1) is 0 Å². The first-order valence-corrected chi connectivity index (χ1v) is 7.53. The van der Waals surface area contributed by atoms with Crippen molar-refractivity contribution >= 4 is 29.4 Å². The van der Waals surface area contributed by atoms with Crippen molar-refractivity contribution in [2.45, 2.75) is 19.9 Å². The first-order valence-electron chi connectivity index (χ1n) is 6.38. The van der Waals surface area contributed by atoms with E-state index in [1.165, 1.54) is 12.1 Å². The minimum atomic E-state index is -0.990. The minimum Gasteiger partial charge on any atom is -0.480 e. The quantitative estimate of drug-likeness (QED) is 0.718. The van der Waals surface area contributed by atoms with Crippen LogP contribution in [0.2, 0.25) is 0 Å². The first kappa shape index (κ1) is 16.4. The topological polar surface area (TPSA) is 77.8 Å². The largest absolute Gasteiger partial charge is 0.480 e. The lowest BCUT2D eigenvalue weighted by Gasteiger charge is -2.28. The summed E-state index contributed by atoms with van der Waals surface area (Å²) in [6.07, 6.45) is 0. The first-order chi connectivity index (χ1) is 9.47. The summed E-state index contributed by atoms with van der Waals surface area (Å²) >= 11 is 1.74. The second-order valence-electron chi connectivity index (χ2n) is 4.26. The van der Waals surface area contributed by atoms with Crippen LogP contribution in [-0.4, -0.2) is 46.2 Å². The average molecular weight is 297 g/mol. The number of aliphatic carboxylic acids is 1. The van der Waals surface area contributed by atoms with E-state index in [1.807, 2.05) is 0 Å². The molecule has 1 rings (SSSR count). The average Bonchev–Trinajstić information content (AvgIpc) is 2.43. The number of benzene rings is 1. The molecule has 0 saturated heterocycles. The molecule has 1 aromatic carbocycles. The number of hydrogen-bond acceptors (Lipinski definition) is 4. The summed E-state index contributed by atoms with van der Waals surface area (Å²) in [4.78, 5) is 23.8. The maximum absolute atomic E-state index is 11.2. The molecule has 0 radical (unpaired) electrons. The van der Waals surface area contributed by atoms with Crippen molar-refractivity contribution in [1.29, 1.82) is 0 Å². The van der Waals surface area contributed by atoms with E-state index >= 15 is 0 Å². The van der Waals surface area contributed by atoms with Gasteiger partial charge < -0.3 is 15.1 Å². The fourth-order valence-electron chi connectivity index (χ4n) is 1.78. The Bertz CT molecular complexity index is 461. The predicted octanol–water partition coefficient (Wildman–Crippen LogP) is 2.42. The fraction of sp³-hybridized carbons (Fsp3) is 0.429. The Morgan fingerprint density at radius 3 is 2.30 bits per heavy atom. The number of nitrogens with zero attached hydrogens (tertiary/aromatic N) is 1. The molecule has 0 amide bonds. The highest BCUT2D eigenvalue weighted by atomic mass is 32.2. The molecule has 0 aliphatic carbocycles. The van der Waals surface area contributed by atoms with Crippen LogP contribution in [0, 0.1) is 0 Å². The number of aromatic carboxylic acids is 1. The second-order valence-corrected chi connectivity index (χ2v) is 5.65.